The summed E-state index contributed by atoms with van der Waals surface area (Å²) < 4.78 is 0. The zero-order valence-electron chi connectivity index (χ0n) is 6.40. The number of hydrogen-bond acceptors (Lipinski definition) is 2. The lowest BCUT2D eigenvalue weighted by Gasteiger charge is -1.92. The Morgan fingerprint density at radius 2 is 2.17 bits per heavy atom. The Bertz CT molecular complexity index is 238. The van der Waals surface area contributed by atoms with Crippen molar-refractivity contribution in [3.63, 3.8) is 0 Å². The van der Waals surface area contributed by atoms with Gasteiger partial charge in [0.05, 0.1) is 0 Å². The van der Waals surface area contributed by atoms with Gasteiger partial charge in [0, 0.05) is 25.0 Å². The molecule has 0 spiro atoms. The van der Waals surface area contributed by atoms with Crippen molar-refractivity contribution in [2.75, 3.05) is 7.05 Å². The van der Waals surface area contributed by atoms with E-state index in [0.717, 1.165) is 5.56 Å². The van der Waals surface area contributed by atoms with Gasteiger partial charge in [-0.25, -0.2) is 0 Å². The maximum absolute atomic E-state index is 5.70. The van der Waals surface area contributed by atoms with Gasteiger partial charge < -0.3 is 0 Å². The molecule has 0 aliphatic heterocycles. The maximum atomic E-state index is 5.70. The fourth-order valence-electron chi connectivity index (χ4n) is 0.614. The van der Waals surface area contributed by atoms with E-state index in [1.165, 1.54) is 0 Å². The van der Waals surface area contributed by atoms with E-state index >= 15 is 0 Å². The number of halogens is 3. The van der Waals surface area contributed by atoms with Gasteiger partial charge in [-0.2, -0.15) is 0 Å². The number of rotatable bonds is 1. The summed E-state index contributed by atoms with van der Waals surface area (Å²) in [5.41, 5.74) is 0.853. The SMILES string of the molecule is CN=C(Cl)c1cccnc1.I.I. The Kier molecular flexibility index (Phi) is 10.3. The van der Waals surface area contributed by atoms with E-state index in [2.05, 4.69) is 9.98 Å². The first kappa shape index (κ1) is 15.1. The molecule has 0 saturated carbocycles. The van der Waals surface area contributed by atoms with Crippen LogP contribution in [0.1, 0.15) is 5.56 Å². The fourth-order valence-corrected chi connectivity index (χ4v) is 0.726. The highest BCUT2D eigenvalue weighted by Gasteiger charge is 1.94. The predicted octanol–water partition coefficient (Wildman–Crippen LogP) is 2.93. The molecule has 0 unspecified atom stereocenters. The number of aromatic nitrogens is 1. The molecule has 1 aromatic heterocycles. The molecular weight excluding hydrogens is 401 g/mol. The minimum Gasteiger partial charge on any atom is -0.276 e. The van der Waals surface area contributed by atoms with E-state index in [1.807, 2.05) is 12.1 Å². The summed E-state index contributed by atoms with van der Waals surface area (Å²) in [4.78, 5) is 7.69. The van der Waals surface area contributed by atoms with Gasteiger partial charge in [-0.1, -0.05) is 11.6 Å². The van der Waals surface area contributed by atoms with Gasteiger partial charge in [0.1, 0.15) is 5.17 Å². The van der Waals surface area contributed by atoms with Crippen molar-refractivity contribution in [3.05, 3.63) is 30.1 Å². The Labute approximate surface area is 111 Å². The quantitative estimate of drug-likeness (QED) is 0.516. The van der Waals surface area contributed by atoms with Crippen LogP contribution in [0, 0.1) is 0 Å². The van der Waals surface area contributed by atoms with Crippen LogP contribution in [-0.4, -0.2) is 17.2 Å². The van der Waals surface area contributed by atoms with Crippen molar-refractivity contribution in [3.8, 4) is 0 Å². The molecule has 0 aliphatic carbocycles. The normalized spacial score (nSPS) is 9.67. The van der Waals surface area contributed by atoms with Gasteiger partial charge in [-0.05, 0) is 12.1 Å². The van der Waals surface area contributed by atoms with E-state index in [4.69, 9.17) is 11.6 Å². The van der Waals surface area contributed by atoms with Crippen LogP contribution in [0.25, 0.3) is 0 Å². The summed E-state index contributed by atoms with van der Waals surface area (Å²) in [6, 6.07) is 3.69. The molecule has 1 rings (SSSR count). The highest BCUT2D eigenvalue weighted by molar-refractivity contribution is 14.0. The molecule has 0 atom stereocenters. The molecule has 2 nitrogen and oxygen atoms in total. The lowest BCUT2D eigenvalue weighted by molar-refractivity contribution is 1.31. The summed E-state index contributed by atoms with van der Waals surface area (Å²) >= 11 is 5.70. The van der Waals surface area contributed by atoms with Gasteiger partial charge in [0.25, 0.3) is 0 Å². The van der Waals surface area contributed by atoms with Gasteiger partial charge in [-0.3, -0.25) is 9.98 Å². The van der Waals surface area contributed by atoms with Crippen LogP contribution < -0.4 is 0 Å². The number of aliphatic imine (C=N–C) groups is 1. The molecule has 0 bridgehead atoms. The maximum Gasteiger partial charge on any atom is 0.132 e. The molecule has 1 aromatic rings. The molecule has 0 N–H and O–H groups in total. The molecule has 0 aliphatic rings. The summed E-state index contributed by atoms with van der Waals surface area (Å²) in [7, 11) is 1.65. The lowest BCUT2D eigenvalue weighted by atomic mass is 10.3. The molecule has 12 heavy (non-hydrogen) atoms. The zero-order valence-corrected chi connectivity index (χ0v) is 11.8. The Morgan fingerprint density at radius 1 is 1.50 bits per heavy atom. The third-order valence-electron chi connectivity index (χ3n) is 1.10. The third kappa shape index (κ3) is 4.56. The predicted molar refractivity (Wildman–Crippen MR) is 73.4 cm³/mol. The summed E-state index contributed by atoms with van der Waals surface area (Å²) in [6.07, 6.45) is 3.37. The average Bonchev–Trinajstić information content (AvgIpc) is 2.05. The Morgan fingerprint density at radius 3 is 2.58 bits per heavy atom. The summed E-state index contributed by atoms with van der Waals surface area (Å²) in [5, 5.41) is 0.494. The molecule has 1 heterocycles. The largest absolute Gasteiger partial charge is 0.276 e. The first-order valence-electron chi connectivity index (χ1n) is 2.87. The number of nitrogens with zero attached hydrogens (tertiary/aromatic N) is 2. The van der Waals surface area contributed by atoms with Crippen LogP contribution in [0.4, 0.5) is 0 Å². The third-order valence-corrected chi connectivity index (χ3v) is 1.48. The topological polar surface area (TPSA) is 25.2 Å². The number of hydrogen-bond donors (Lipinski definition) is 0. The lowest BCUT2D eigenvalue weighted by Crippen LogP contribution is -1.89. The van der Waals surface area contributed by atoms with Crippen molar-refractivity contribution < 1.29 is 0 Å². The van der Waals surface area contributed by atoms with E-state index < -0.39 is 0 Å². The van der Waals surface area contributed by atoms with Crippen molar-refractivity contribution in [1.82, 2.24) is 4.98 Å². The first-order valence-corrected chi connectivity index (χ1v) is 3.25. The van der Waals surface area contributed by atoms with E-state index in [-0.39, 0.29) is 48.0 Å². The number of pyridine rings is 1. The zero-order chi connectivity index (χ0) is 7.40. The monoisotopic (exact) mass is 410 g/mol. The minimum absolute atomic E-state index is 0. The average molecular weight is 410 g/mol. The second kappa shape index (κ2) is 8.18. The van der Waals surface area contributed by atoms with E-state index in [1.54, 1.807) is 19.4 Å². The smallest absolute Gasteiger partial charge is 0.132 e. The standard InChI is InChI=1S/C7H7ClN2.2HI/c1-9-7(8)6-3-2-4-10-5-6;;/h2-5H,1H3;2*1H. The second-order valence-corrected chi connectivity index (χ2v) is 2.11. The molecule has 0 fully saturated rings. The molecule has 0 radical (unpaired) electrons. The minimum atomic E-state index is 0. The van der Waals surface area contributed by atoms with Gasteiger partial charge in [0.15, 0.2) is 0 Å². The van der Waals surface area contributed by atoms with Crippen LogP contribution in [0.5, 0.6) is 0 Å². The van der Waals surface area contributed by atoms with Crippen LogP contribution in [0.3, 0.4) is 0 Å². The molecular formula is C7H9ClI2N2. The van der Waals surface area contributed by atoms with Gasteiger partial charge in [-0.15, -0.1) is 48.0 Å². The van der Waals surface area contributed by atoms with Crippen LogP contribution in [0.2, 0.25) is 0 Å². The first-order chi connectivity index (χ1) is 4.84. The highest BCUT2D eigenvalue weighted by atomic mass is 127. The van der Waals surface area contributed by atoms with E-state index in [9.17, 15) is 0 Å². The van der Waals surface area contributed by atoms with Gasteiger partial charge >= 0.3 is 0 Å². The molecule has 0 aromatic carbocycles. The summed E-state index contributed by atoms with van der Waals surface area (Å²) in [6.45, 7) is 0. The van der Waals surface area contributed by atoms with Crippen LogP contribution >= 0.6 is 59.6 Å². The van der Waals surface area contributed by atoms with Gasteiger partial charge in [0.2, 0.25) is 0 Å². The fraction of sp³-hybridized carbons (Fsp3) is 0.143. The van der Waals surface area contributed by atoms with E-state index in [0.29, 0.717) is 5.17 Å². The van der Waals surface area contributed by atoms with Crippen molar-refractivity contribution in [2.45, 2.75) is 0 Å². The molecule has 0 amide bonds. The Balaban J connectivity index is 0. The highest BCUT2D eigenvalue weighted by Crippen LogP contribution is 2.01. The van der Waals surface area contributed by atoms with Crippen molar-refractivity contribution in [1.29, 1.82) is 0 Å². The van der Waals surface area contributed by atoms with Crippen LogP contribution in [0.15, 0.2) is 29.5 Å². The second-order valence-electron chi connectivity index (χ2n) is 1.76. The Hall–Kier alpha value is 0.570. The molecule has 0 saturated heterocycles. The van der Waals surface area contributed by atoms with Crippen molar-refractivity contribution in [2.24, 2.45) is 4.99 Å². The molecule has 5 heteroatoms. The van der Waals surface area contributed by atoms with Crippen LogP contribution in [-0.2, 0) is 0 Å². The summed E-state index contributed by atoms with van der Waals surface area (Å²) in [5.74, 6) is 0. The molecule has 68 valence electrons. The van der Waals surface area contributed by atoms with Crippen molar-refractivity contribution >= 4 is 64.7 Å².